The number of hydrogen-bond acceptors (Lipinski definition) is 6. The van der Waals surface area contributed by atoms with Crippen molar-refractivity contribution in [3.05, 3.63) is 48.2 Å². The van der Waals surface area contributed by atoms with Gasteiger partial charge >= 0.3 is 6.01 Å². The highest BCUT2D eigenvalue weighted by molar-refractivity contribution is 6.03. The molecule has 0 atom stereocenters. The number of nitrogens with one attached hydrogen (secondary N) is 1. The second-order valence-electron chi connectivity index (χ2n) is 4.30. The first-order valence-corrected chi connectivity index (χ1v) is 6.68. The third kappa shape index (κ3) is 2.98. The predicted molar refractivity (Wildman–Crippen MR) is 77.6 cm³/mol. The van der Waals surface area contributed by atoms with E-state index in [0.29, 0.717) is 23.7 Å². The molecule has 0 unspecified atom stereocenters. The van der Waals surface area contributed by atoms with Crippen molar-refractivity contribution in [2.75, 3.05) is 11.9 Å². The molecule has 0 saturated heterocycles. The molecule has 0 aliphatic rings. The van der Waals surface area contributed by atoms with E-state index in [2.05, 4.69) is 15.5 Å². The maximum Gasteiger partial charge on any atom is 0.322 e. The Hall–Kier alpha value is -3.09. The molecule has 3 rings (SSSR count). The van der Waals surface area contributed by atoms with Crippen LogP contribution in [0.1, 0.15) is 17.3 Å². The summed E-state index contributed by atoms with van der Waals surface area (Å²) in [5.74, 6) is 0.996. The highest BCUT2D eigenvalue weighted by Gasteiger charge is 2.14. The summed E-state index contributed by atoms with van der Waals surface area (Å²) in [4.78, 5) is 12.1. The smallest absolute Gasteiger partial charge is 0.322 e. The highest BCUT2D eigenvalue weighted by Crippen LogP contribution is 2.20. The SMILES string of the molecule is CCOc1ccc(C(=O)Nc2nnc(-c3ccco3)o2)cc1. The van der Waals surface area contributed by atoms with Crippen LogP contribution in [0.5, 0.6) is 5.75 Å². The number of nitrogens with zero attached hydrogens (tertiary/aromatic N) is 2. The number of benzene rings is 1. The molecule has 1 N–H and O–H groups in total. The summed E-state index contributed by atoms with van der Waals surface area (Å²) in [5.41, 5.74) is 0.459. The second-order valence-corrected chi connectivity index (χ2v) is 4.30. The fourth-order valence-corrected chi connectivity index (χ4v) is 1.81. The Balaban J connectivity index is 1.69. The van der Waals surface area contributed by atoms with Gasteiger partial charge < -0.3 is 13.6 Å². The molecule has 0 radical (unpaired) electrons. The average molecular weight is 299 g/mol. The van der Waals surface area contributed by atoms with E-state index in [-0.39, 0.29) is 17.8 Å². The van der Waals surface area contributed by atoms with Gasteiger partial charge in [0, 0.05) is 5.56 Å². The number of hydrogen-bond donors (Lipinski definition) is 1. The number of rotatable bonds is 5. The first-order chi connectivity index (χ1) is 10.8. The molecule has 0 bridgehead atoms. The molecule has 0 saturated carbocycles. The van der Waals surface area contributed by atoms with Crippen LogP contribution in [-0.4, -0.2) is 22.7 Å². The topological polar surface area (TPSA) is 90.4 Å². The zero-order valence-electron chi connectivity index (χ0n) is 11.8. The van der Waals surface area contributed by atoms with Crippen LogP contribution in [0.3, 0.4) is 0 Å². The van der Waals surface area contributed by atoms with Crippen LogP contribution < -0.4 is 10.1 Å². The van der Waals surface area contributed by atoms with Gasteiger partial charge in [-0.05, 0) is 43.3 Å². The molecule has 0 aliphatic carbocycles. The van der Waals surface area contributed by atoms with Crippen LogP contribution in [0, 0.1) is 0 Å². The summed E-state index contributed by atoms with van der Waals surface area (Å²) < 4.78 is 15.8. The van der Waals surface area contributed by atoms with E-state index in [1.54, 1.807) is 36.4 Å². The monoisotopic (exact) mass is 299 g/mol. The van der Waals surface area contributed by atoms with Gasteiger partial charge in [0.25, 0.3) is 11.8 Å². The van der Waals surface area contributed by atoms with Crippen LogP contribution >= 0.6 is 0 Å². The first-order valence-electron chi connectivity index (χ1n) is 6.68. The number of furan rings is 1. The van der Waals surface area contributed by atoms with E-state index in [1.807, 2.05) is 6.92 Å². The third-order valence-electron chi connectivity index (χ3n) is 2.80. The molecule has 7 nitrogen and oxygen atoms in total. The molecule has 2 aromatic heterocycles. The Morgan fingerprint density at radius 2 is 2.05 bits per heavy atom. The van der Waals surface area contributed by atoms with E-state index < -0.39 is 0 Å². The van der Waals surface area contributed by atoms with Crippen LogP contribution in [-0.2, 0) is 0 Å². The predicted octanol–water partition coefficient (Wildman–Crippen LogP) is 2.98. The Morgan fingerprint density at radius 3 is 2.73 bits per heavy atom. The lowest BCUT2D eigenvalue weighted by molar-refractivity contribution is 0.102. The van der Waals surface area contributed by atoms with Gasteiger partial charge in [0.2, 0.25) is 0 Å². The minimum atomic E-state index is -0.349. The normalized spacial score (nSPS) is 10.4. The Kier molecular flexibility index (Phi) is 3.86. The second kappa shape index (κ2) is 6.13. The molecule has 1 aromatic carbocycles. The van der Waals surface area contributed by atoms with E-state index in [4.69, 9.17) is 13.6 Å². The number of carbonyl (C=O) groups is 1. The van der Waals surface area contributed by atoms with Crippen molar-refractivity contribution >= 4 is 11.9 Å². The van der Waals surface area contributed by atoms with Gasteiger partial charge in [-0.3, -0.25) is 10.1 Å². The van der Waals surface area contributed by atoms with Crippen molar-refractivity contribution in [2.24, 2.45) is 0 Å². The quantitative estimate of drug-likeness (QED) is 0.779. The molecule has 3 aromatic rings. The Labute approximate surface area is 125 Å². The van der Waals surface area contributed by atoms with Gasteiger partial charge in [-0.25, -0.2) is 0 Å². The van der Waals surface area contributed by atoms with Crippen molar-refractivity contribution in [2.45, 2.75) is 6.92 Å². The molecule has 0 fully saturated rings. The van der Waals surface area contributed by atoms with Crippen molar-refractivity contribution in [1.29, 1.82) is 0 Å². The van der Waals surface area contributed by atoms with Crippen molar-refractivity contribution in [3.63, 3.8) is 0 Å². The van der Waals surface area contributed by atoms with Crippen LogP contribution in [0.25, 0.3) is 11.7 Å². The molecule has 22 heavy (non-hydrogen) atoms. The average Bonchev–Trinajstić information content (AvgIpc) is 3.19. The number of amides is 1. The molecule has 0 aliphatic heterocycles. The minimum absolute atomic E-state index is 0.00489. The van der Waals surface area contributed by atoms with Gasteiger partial charge in [-0.15, -0.1) is 5.10 Å². The van der Waals surface area contributed by atoms with Crippen molar-refractivity contribution < 1.29 is 18.4 Å². The molecule has 1 amide bonds. The van der Waals surface area contributed by atoms with E-state index in [1.165, 1.54) is 6.26 Å². The van der Waals surface area contributed by atoms with E-state index in [0.717, 1.165) is 0 Å². The lowest BCUT2D eigenvalue weighted by atomic mass is 10.2. The van der Waals surface area contributed by atoms with Crippen LogP contribution in [0.4, 0.5) is 6.01 Å². The van der Waals surface area contributed by atoms with Gasteiger partial charge in [0.05, 0.1) is 12.9 Å². The van der Waals surface area contributed by atoms with Crippen molar-refractivity contribution in [1.82, 2.24) is 10.2 Å². The molecular formula is C15H13N3O4. The fourth-order valence-electron chi connectivity index (χ4n) is 1.81. The van der Waals surface area contributed by atoms with Crippen LogP contribution in [0.15, 0.2) is 51.5 Å². The summed E-state index contributed by atoms with van der Waals surface area (Å²) in [6, 6.07) is 10.2. The third-order valence-corrected chi connectivity index (χ3v) is 2.80. The fraction of sp³-hybridized carbons (Fsp3) is 0.133. The summed E-state index contributed by atoms with van der Waals surface area (Å²) in [5, 5.41) is 10.1. The van der Waals surface area contributed by atoms with Gasteiger partial charge in [0.1, 0.15) is 5.75 Å². The molecule has 0 spiro atoms. The lowest BCUT2D eigenvalue weighted by Gasteiger charge is -2.04. The first kappa shape index (κ1) is 13.9. The van der Waals surface area contributed by atoms with Gasteiger partial charge in [0.15, 0.2) is 5.76 Å². The maximum absolute atomic E-state index is 12.1. The molecule has 7 heteroatoms. The van der Waals surface area contributed by atoms with Gasteiger partial charge in [-0.1, -0.05) is 5.10 Å². The summed E-state index contributed by atoms with van der Waals surface area (Å²) in [6.07, 6.45) is 1.50. The van der Waals surface area contributed by atoms with Gasteiger partial charge in [-0.2, -0.15) is 0 Å². The standard InChI is InChI=1S/C15H13N3O4/c1-2-20-11-7-5-10(6-8-11)13(19)16-15-18-17-14(22-15)12-4-3-9-21-12/h3-9H,2H2,1H3,(H,16,18,19). The molecule has 2 heterocycles. The zero-order valence-corrected chi connectivity index (χ0v) is 11.8. The summed E-state index contributed by atoms with van der Waals surface area (Å²) >= 11 is 0. The molecule has 112 valence electrons. The van der Waals surface area contributed by atoms with E-state index in [9.17, 15) is 4.79 Å². The number of ether oxygens (including phenoxy) is 1. The Bertz CT molecular complexity index is 747. The van der Waals surface area contributed by atoms with E-state index >= 15 is 0 Å². The number of carbonyl (C=O) groups excluding carboxylic acids is 1. The van der Waals surface area contributed by atoms with Crippen molar-refractivity contribution in [3.8, 4) is 17.4 Å². The lowest BCUT2D eigenvalue weighted by Crippen LogP contribution is -2.12. The highest BCUT2D eigenvalue weighted by atomic mass is 16.5. The van der Waals surface area contributed by atoms with Crippen LogP contribution in [0.2, 0.25) is 0 Å². The minimum Gasteiger partial charge on any atom is -0.494 e. The summed E-state index contributed by atoms with van der Waals surface area (Å²) in [6.45, 7) is 2.47. The number of anilines is 1. The largest absolute Gasteiger partial charge is 0.494 e. The summed E-state index contributed by atoms with van der Waals surface area (Å²) in [7, 11) is 0. The molecular weight excluding hydrogens is 286 g/mol. The maximum atomic E-state index is 12.1. The number of aromatic nitrogens is 2. The Morgan fingerprint density at radius 1 is 1.23 bits per heavy atom. The zero-order chi connectivity index (χ0) is 15.4.